The lowest BCUT2D eigenvalue weighted by molar-refractivity contribution is -0.121. The van der Waals surface area contributed by atoms with Gasteiger partial charge in [0.15, 0.2) is 5.69 Å². The van der Waals surface area contributed by atoms with Gasteiger partial charge in [-0.1, -0.05) is 32.9 Å². The molecule has 1 atom stereocenters. The highest BCUT2D eigenvalue weighted by molar-refractivity contribution is 6.04. The van der Waals surface area contributed by atoms with E-state index in [1.807, 2.05) is 45.0 Å². The highest BCUT2D eigenvalue weighted by Crippen LogP contribution is 2.36. The fraction of sp³-hybridized carbons (Fsp3) is 0.421. The molecular weight excluding hydrogens is 316 g/mol. The van der Waals surface area contributed by atoms with E-state index in [1.54, 1.807) is 4.68 Å². The second-order valence-corrected chi connectivity index (χ2v) is 7.34. The van der Waals surface area contributed by atoms with Gasteiger partial charge < -0.3 is 11.5 Å². The lowest BCUT2D eigenvalue weighted by Gasteiger charge is -2.28. The van der Waals surface area contributed by atoms with Crippen molar-refractivity contribution in [3.63, 3.8) is 0 Å². The minimum Gasteiger partial charge on any atom is -0.369 e. The number of nitrogens with two attached hydrogens (primary N) is 2. The van der Waals surface area contributed by atoms with Gasteiger partial charge in [0.25, 0.3) is 5.91 Å². The number of aromatic nitrogens is 2. The molecule has 0 bridgehead atoms. The second-order valence-electron chi connectivity index (χ2n) is 7.34. The molecule has 0 aliphatic heterocycles. The summed E-state index contributed by atoms with van der Waals surface area (Å²) in [6.07, 6.45) is 3.57. The average molecular weight is 342 g/mol. The number of unbranched alkanes of at least 4 members (excludes halogenated alkanes) is 1. The molecule has 2 aromatic rings. The Bertz CT molecular complexity index is 815. The van der Waals surface area contributed by atoms with Crippen molar-refractivity contribution >= 4 is 22.7 Å². The van der Waals surface area contributed by atoms with Crippen LogP contribution in [0.3, 0.4) is 0 Å². The molecule has 1 aromatic carbocycles. The summed E-state index contributed by atoms with van der Waals surface area (Å²) in [4.78, 5) is 23.8. The van der Waals surface area contributed by atoms with Crippen molar-refractivity contribution in [1.29, 1.82) is 0 Å². The number of nitrogens with zero attached hydrogens (tertiary/aromatic N) is 2. The molecule has 134 valence electrons. The van der Waals surface area contributed by atoms with Crippen LogP contribution in [0.15, 0.2) is 30.9 Å². The molecule has 2 rings (SSSR count). The first-order valence-electron chi connectivity index (χ1n) is 8.37. The van der Waals surface area contributed by atoms with Crippen molar-refractivity contribution in [2.75, 3.05) is 0 Å². The molecule has 0 aliphatic rings. The molecule has 6 heteroatoms. The minimum absolute atomic E-state index is 0.215. The van der Waals surface area contributed by atoms with E-state index >= 15 is 0 Å². The van der Waals surface area contributed by atoms with Crippen molar-refractivity contribution in [2.24, 2.45) is 16.9 Å². The Morgan fingerprint density at radius 1 is 1.32 bits per heavy atom. The van der Waals surface area contributed by atoms with Crippen molar-refractivity contribution < 1.29 is 9.59 Å². The Morgan fingerprint density at radius 3 is 2.52 bits per heavy atom. The van der Waals surface area contributed by atoms with Gasteiger partial charge in [-0.05, 0) is 36.0 Å². The SMILES string of the molecule is C=CCCCn1nc(C(N)=O)c2cc(C(C(N)=O)C(C)(C)C)ccc21. The quantitative estimate of drug-likeness (QED) is 0.597. The van der Waals surface area contributed by atoms with Crippen LogP contribution in [0.1, 0.15) is 55.6 Å². The average Bonchev–Trinajstić information content (AvgIpc) is 2.84. The Balaban J connectivity index is 2.58. The zero-order valence-electron chi connectivity index (χ0n) is 15.1. The van der Waals surface area contributed by atoms with E-state index in [9.17, 15) is 9.59 Å². The summed E-state index contributed by atoms with van der Waals surface area (Å²) in [5, 5.41) is 5.01. The summed E-state index contributed by atoms with van der Waals surface area (Å²) in [5.41, 5.74) is 12.6. The topological polar surface area (TPSA) is 104 Å². The van der Waals surface area contributed by atoms with Crippen LogP contribution in [0.4, 0.5) is 0 Å². The number of amides is 2. The molecule has 4 N–H and O–H groups in total. The monoisotopic (exact) mass is 342 g/mol. The summed E-state index contributed by atoms with van der Waals surface area (Å²) in [5.74, 6) is -1.46. The predicted molar refractivity (Wildman–Crippen MR) is 99.1 cm³/mol. The van der Waals surface area contributed by atoms with Gasteiger partial charge in [-0.25, -0.2) is 0 Å². The molecule has 25 heavy (non-hydrogen) atoms. The molecule has 1 heterocycles. The molecule has 1 unspecified atom stereocenters. The lowest BCUT2D eigenvalue weighted by atomic mass is 9.76. The number of allylic oxidation sites excluding steroid dienone is 1. The largest absolute Gasteiger partial charge is 0.369 e. The van der Waals surface area contributed by atoms with Crippen LogP contribution in [0.25, 0.3) is 10.9 Å². The first kappa shape index (κ1) is 18.7. The maximum absolute atomic E-state index is 12.0. The minimum atomic E-state index is -0.587. The number of primary amides is 2. The smallest absolute Gasteiger partial charge is 0.269 e. The number of rotatable bonds is 7. The van der Waals surface area contributed by atoms with E-state index < -0.39 is 17.7 Å². The molecule has 0 saturated carbocycles. The van der Waals surface area contributed by atoms with Crippen LogP contribution in [0, 0.1) is 5.41 Å². The van der Waals surface area contributed by atoms with Gasteiger partial charge >= 0.3 is 0 Å². The molecule has 0 fully saturated rings. The summed E-state index contributed by atoms with van der Waals surface area (Å²) in [7, 11) is 0. The van der Waals surface area contributed by atoms with E-state index in [-0.39, 0.29) is 11.1 Å². The van der Waals surface area contributed by atoms with Gasteiger partial charge in [-0.3, -0.25) is 14.3 Å². The van der Waals surface area contributed by atoms with Crippen LogP contribution in [-0.4, -0.2) is 21.6 Å². The highest BCUT2D eigenvalue weighted by atomic mass is 16.1. The Hall–Kier alpha value is -2.63. The molecule has 0 aliphatic carbocycles. The Morgan fingerprint density at radius 2 is 2.00 bits per heavy atom. The standard InChI is InChI=1S/C19H26N4O2/c1-5-6-7-10-23-14-9-8-12(15(17(20)24)19(2,3)4)11-13(14)16(22-23)18(21)25/h5,8-9,11,15H,1,6-7,10H2,2-4H3,(H2,20,24)(H2,21,25). The first-order chi connectivity index (χ1) is 11.7. The van der Waals surface area contributed by atoms with Crippen molar-refractivity contribution in [3.8, 4) is 0 Å². The fourth-order valence-corrected chi connectivity index (χ4v) is 3.21. The maximum Gasteiger partial charge on any atom is 0.269 e. The van der Waals surface area contributed by atoms with E-state index in [1.165, 1.54) is 0 Å². The van der Waals surface area contributed by atoms with Crippen LogP contribution >= 0.6 is 0 Å². The third-order valence-electron chi connectivity index (χ3n) is 4.27. The molecule has 2 amide bonds. The Labute approximate surface area is 147 Å². The van der Waals surface area contributed by atoms with Crippen molar-refractivity contribution in [2.45, 2.75) is 46.1 Å². The number of hydrogen-bond acceptors (Lipinski definition) is 3. The zero-order valence-corrected chi connectivity index (χ0v) is 15.1. The number of carbonyl (C=O) groups excluding carboxylic acids is 2. The first-order valence-corrected chi connectivity index (χ1v) is 8.37. The van der Waals surface area contributed by atoms with E-state index in [2.05, 4.69) is 11.7 Å². The summed E-state index contributed by atoms with van der Waals surface area (Å²) in [6.45, 7) is 10.2. The maximum atomic E-state index is 12.0. The third kappa shape index (κ3) is 3.90. The number of carbonyl (C=O) groups is 2. The molecule has 6 nitrogen and oxygen atoms in total. The second kappa shape index (κ2) is 7.09. The van der Waals surface area contributed by atoms with Gasteiger partial charge in [0.05, 0.1) is 11.4 Å². The van der Waals surface area contributed by atoms with Gasteiger partial charge in [0.2, 0.25) is 5.91 Å². The molecular formula is C19H26N4O2. The molecule has 0 radical (unpaired) electrons. The fourth-order valence-electron chi connectivity index (χ4n) is 3.21. The van der Waals surface area contributed by atoms with Gasteiger partial charge in [-0.2, -0.15) is 5.10 Å². The normalized spacial score (nSPS) is 12.9. The van der Waals surface area contributed by atoms with Gasteiger partial charge in [0.1, 0.15) is 0 Å². The summed E-state index contributed by atoms with van der Waals surface area (Å²) < 4.78 is 1.78. The van der Waals surface area contributed by atoms with E-state index in [0.717, 1.165) is 23.9 Å². The van der Waals surface area contributed by atoms with Gasteiger partial charge in [0, 0.05) is 11.9 Å². The molecule has 1 aromatic heterocycles. The van der Waals surface area contributed by atoms with Gasteiger partial charge in [-0.15, -0.1) is 6.58 Å². The van der Waals surface area contributed by atoms with Crippen LogP contribution in [0.5, 0.6) is 0 Å². The summed E-state index contributed by atoms with van der Waals surface area (Å²) in [6, 6.07) is 5.56. The van der Waals surface area contributed by atoms with Crippen LogP contribution in [0.2, 0.25) is 0 Å². The number of benzene rings is 1. The summed E-state index contributed by atoms with van der Waals surface area (Å²) >= 11 is 0. The van der Waals surface area contributed by atoms with E-state index in [4.69, 9.17) is 11.5 Å². The van der Waals surface area contributed by atoms with Crippen LogP contribution < -0.4 is 11.5 Å². The lowest BCUT2D eigenvalue weighted by Crippen LogP contribution is -2.31. The third-order valence-corrected chi connectivity index (χ3v) is 4.27. The number of fused-ring (bicyclic) bond motifs is 1. The highest BCUT2D eigenvalue weighted by Gasteiger charge is 2.31. The molecule has 0 saturated heterocycles. The predicted octanol–water partition coefficient (Wildman–Crippen LogP) is 2.72. The van der Waals surface area contributed by atoms with Crippen molar-refractivity contribution in [3.05, 3.63) is 42.1 Å². The number of hydrogen-bond donors (Lipinski definition) is 2. The molecule has 0 spiro atoms. The zero-order chi connectivity index (χ0) is 18.8. The van der Waals surface area contributed by atoms with Crippen molar-refractivity contribution in [1.82, 2.24) is 9.78 Å². The number of aryl methyl sites for hydroxylation is 1. The van der Waals surface area contributed by atoms with E-state index in [0.29, 0.717) is 11.9 Å². The Kier molecular flexibility index (Phi) is 5.30. The van der Waals surface area contributed by atoms with Crippen LogP contribution in [-0.2, 0) is 11.3 Å².